The maximum absolute atomic E-state index is 11.2. The Bertz CT molecular complexity index is 773. The van der Waals surface area contributed by atoms with Crippen LogP contribution in [0.5, 0.6) is 0 Å². The maximum Gasteiger partial charge on any atom is 0.152 e. The van der Waals surface area contributed by atoms with Gasteiger partial charge in [0.15, 0.2) is 5.78 Å². The quantitative estimate of drug-likeness (QED) is 0.264. The van der Waals surface area contributed by atoms with Gasteiger partial charge in [-0.15, -0.1) is 11.8 Å². The second-order valence-electron chi connectivity index (χ2n) is 6.43. The van der Waals surface area contributed by atoms with E-state index < -0.39 is 0 Å². The molecule has 0 unspecified atom stereocenters. The highest BCUT2D eigenvalue weighted by Crippen LogP contribution is 2.48. The summed E-state index contributed by atoms with van der Waals surface area (Å²) in [6, 6.07) is 32.0. The molecular formula is C25H24OS. The van der Waals surface area contributed by atoms with Crippen LogP contribution >= 0.6 is 11.8 Å². The highest BCUT2D eigenvalue weighted by Gasteiger charge is 2.36. The molecule has 0 amide bonds. The molecule has 3 aromatic rings. The van der Waals surface area contributed by atoms with Crippen LogP contribution in [-0.2, 0) is 9.54 Å². The first-order chi connectivity index (χ1) is 13.2. The average molecular weight is 373 g/mol. The summed E-state index contributed by atoms with van der Waals surface area (Å²) in [6.07, 6.45) is 4.50. The molecule has 3 rings (SSSR count). The normalized spacial score (nSPS) is 11.6. The van der Waals surface area contributed by atoms with Crippen molar-refractivity contribution in [1.82, 2.24) is 0 Å². The average Bonchev–Trinajstić information content (AvgIpc) is 2.73. The number of hydrogen-bond donors (Lipinski definition) is 0. The largest absolute Gasteiger partial charge is 0.295 e. The molecule has 0 saturated heterocycles. The lowest BCUT2D eigenvalue weighted by Crippen LogP contribution is -2.26. The lowest BCUT2D eigenvalue weighted by atomic mass is 9.84. The fraction of sp³-hybridized carbons (Fsp3) is 0.160. The predicted molar refractivity (Wildman–Crippen MR) is 116 cm³/mol. The Hall–Kier alpha value is -2.58. The lowest BCUT2D eigenvalue weighted by Gasteiger charge is -2.35. The summed E-state index contributed by atoms with van der Waals surface area (Å²) >= 11 is 1.92. The lowest BCUT2D eigenvalue weighted by molar-refractivity contribution is -0.112. The molecule has 27 heavy (non-hydrogen) atoms. The van der Waals surface area contributed by atoms with E-state index in [0.29, 0.717) is 0 Å². The van der Waals surface area contributed by atoms with Gasteiger partial charge in [0.1, 0.15) is 0 Å². The van der Waals surface area contributed by atoms with E-state index in [1.54, 1.807) is 13.0 Å². The third-order valence-corrected chi connectivity index (χ3v) is 6.08. The van der Waals surface area contributed by atoms with Gasteiger partial charge in [-0.2, -0.15) is 0 Å². The minimum absolute atomic E-state index is 0.0976. The monoisotopic (exact) mass is 372 g/mol. The van der Waals surface area contributed by atoms with Gasteiger partial charge in [-0.25, -0.2) is 0 Å². The molecule has 0 aliphatic carbocycles. The zero-order valence-electron chi connectivity index (χ0n) is 15.5. The summed E-state index contributed by atoms with van der Waals surface area (Å²) in [5.74, 6) is 1.02. The smallest absolute Gasteiger partial charge is 0.152 e. The van der Waals surface area contributed by atoms with Crippen molar-refractivity contribution in [3.8, 4) is 0 Å². The number of carbonyl (C=O) groups excluding carboxylic acids is 1. The highest BCUT2D eigenvalue weighted by molar-refractivity contribution is 8.00. The van der Waals surface area contributed by atoms with E-state index >= 15 is 0 Å². The third-order valence-electron chi connectivity index (χ3n) is 4.50. The summed E-state index contributed by atoms with van der Waals surface area (Å²) in [5.41, 5.74) is 3.80. The van der Waals surface area contributed by atoms with Gasteiger partial charge in [0, 0.05) is 0 Å². The van der Waals surface area contributed by atoms with Crippen molar-refractivity contribution in [3.63, 3.8) is 0 Å². The molecule has 1 nitrogen and oxygen atoms in total. The molecule has 0 aromatic heterocycles. The SMILES string of the molecule is CC(=O)C=CCCSC(c1ccccc1)(c1ccccc1)c1ccccc1. The molecule has 0 aliphatic heterocycles. The van der Waals surface area contributed by atoms with Gasteiger partial charge in [0.2, 0.25) is 0 Å². The van der Waals surface area contributed by atoms with Crippen molar-refractivity contribution < 1.29 is 4.79 Å². The molecule has 136 valence electrons. The first-order valence-corrected chi connectivity index (χ1v) is 10.2. The van der Waals surface area contributed by atoms with Crippen LogP contribution in [0.4, 0.5) is 0 Å². The van der Waals surface area contributed by atoms with E-state index in [1.807, 2.05) is 17.8 Å². The van der Waals surface area contributed by atoms with Crippen LogP contribution in [0.3, 0.4) is 0 Å². The molecule has 0 spiro atoms. The van der Waals surface area contributed by atoms with Crippen LogP contribution in [0.1, 0.15) is 30.0 Å². The van der Waals surface area contributed by atoms with Gasteiger partial charge in [0.05, 0.1) is 4.75 Å². The van der Waals surface area contributed by atoms with E-state index in [9.17, 15) is 4.79 Å². The Balaban J connectivity index is 2.07. The number of thioether (sulfide) groups is 1. The van der Waals surface area contributed by atoms with E-state index in [0.717, 1.165) is 12.2 Å². The second kappa shape index (κ2) is 9.38. The zero-order valence-corrected chi connectivity index (χ0v) is 16.4. The molecule has 0 atom stereocenters. The molecule has 3 aromatic carbocycles. The molecular weight excluding hydrogens is 348 g/mol. The van der Waals surface area contributed by atoms with Gasteiger partial charge < -0.3 is 0 Å². The van der Waals surface area contributed by atoms with Crippen LogP contribution in [0.25, 0.3) is 0 Å². The van der Waals surface area contributed by atoms with Crippen molar-refractivity contribution in [2.75, 3.05) is 5.75 Å². The minimum atomic E-state index is -0.284. The number of allylic oxidation sites excluding steroid dienone is 2. The van der Waals surface area contributed by atoms with Crippen molar-refractivity contribution in [1.29, 1.82) is 0 Å². The standard InChI is InChI=1S/C25H24OS/c1-21(26)13-11-12-20-27-25(22-14-5-2-6-15-22,23-16-7-3-8-17-23)24-18-9-4-10-19-24/h2-11,13-19H,12,20H2,1H3. The van der Waals surface area contributed by atoms with Crippen molar-refractivity contribution in [2.45, 2.75) is 18.1 Å². The Morgan fingerprint density at radius 3 is 1.56 bits per heavy atom. The number of hydrogen-bond acceptors (Lipinski definition) is 2. The summed E-state index contributed by atoms with van der Waals surface area (Å²) < 4.78 is -0.284. The van der Waals surface area contributed by atoms with Gasteiger partial charge in [0.25, 0.3) is 0 Å². The number of carbonyl (C=O) groups is 1. The van der Waals surface area contributed by atoms with E-state index in [1.165, 1.54) is 16.7 Å². The summed E-state index contributed by atoms with van der Waals surface area (Å²) in [7, 11) is 0. The van der Waals surface area contributed by atoms with Gasteiger partial charge in [-0.3, -0.25) is 4.79 Å². The van der Waals surface area contributed by atoms with E-state index in [-0.39, 0.29) is 10.5 Å². The summed E-state index contributed by atoms with van der Waals surface area (Å²) in [4.78, 5) is 11.2. The van der Waals surface area contributed by atoms with Crippen LogP contribution < -0.4 is 0 Å². The molecule has 0 radical (unpaired) electrons. The van der Waals surface area contributed by atoms with Gasteiger partial charge in [-0.1, -0.05) is 97.1 Å². The molecule has 0 saturated carbocycles. The van der Waals surface area contributed by atoms with Crippen LogP contribution in [0.2, 0.25) is 0 Å². The Morgan fingerprint density at radius 1 is 0.778 bits per heavy atom. The van der Waals surface area contributed by atoms with Crippen molar-refractivity contribution in [3.05, 3.63) is 120 Å². The second-order valence-corrected chi connectivity index (χ2v) is 7.74. The Morgan fingerprint density at radius 2 is 1.19 bits per heavy atom. The number of ketones is 1. The fourth-order valence-corrected chi connectivity index (χ4v) is 4.77. The van der Waals surface area contributed by atoms with Crippen molar-refractivity contribution in [2.24, 2.45) is 0 Å². The van der Waals surface area contributed by atoms with Gasteiger partial charge >= 0.3 is 0 Å². The Kier molecular flexibility index (Phi) is 6.67. The van der Waals surface area contributed by atoms with E-state index in [2.05, 4.69) is 91.0 Å². The van der Waals surface area contributed by atoms with Crippen molar-refractivity contribution >= 4 is 17.5 Å². The third kappa shape index (κ3) is 4.58. The topological polar surface area (TPSA) is 17.1 Å². The number of rotatable bonds is 8. The minimum Gasteiger partial charge on any atom is -0.295 e. The van der Waals surface area contributed by atoms with Crippen LogP contribution in [-0.4, -0.2) is 11.5 Å². The summed E-state index contributed by atoms with van der Waals surface area (Å²) in [6.45, 7) is 1.59. The first-order valence-electron chi connectivity index (χ1n) is 9.21. The summed E-state index contributed by atoms with van der Waals surface area (Å²) in [5, 5.41) is 0. The maximum atomic E-state index is 11.2. The first kappa shape index (κ1) is 19.2. The van der Waals surface area contributed by atoms with Crippen LogP contribution in [0.15, 0.2) is 103 Å². The molecule has 2 heteroatoms. The fourth-order valence-electron chi connectivity index (χ4n) is 3.30. The van der Waals surface area contributed by atoms with E-state index in [4.69, 9.17) is 0 Å². The number of benzene rings is 3. The zero-order chi connectivity index (χ0) is 19.0. The molecule has 0 fully saturated rings. The molecule has 0 heterocycles. The Labute approximate surface area is 166 Å². The molecule has 0 bridgehead atoms. The predicted octanol–water partition coefficient (Wildman–Crippen LogP) is 6.25. The molecule has 0 N–H and O–H groups in total. The van der Waals surface area contributed by atoms with Crippen LogP contribution in [0, 0.1) is 0 Å². The van der Waals surface area contributed by atoms with Gasteiger partial charge in [-0.05, 0) is 41.9 Å². The molecule has 0 aliphatic rings. The highest BCUT2D eigenvalue weighted by atomic mass is 32.2.